The van der Waals surface area contributed by atoms with Gasteiger partial charge in [-0.2, -0.15) is 0 Å². The van der Waals surface area contributed by atoms with Gasteiger partial charge in [-0.1, -0.05) is 36.4 Å². The number of hydrogen-bond acceptors (Lipinski definition) is 5. The molecule has 0 atom stereocenters. The van der Waals surface area contributed by atoms with E-state index in [1.807, 2.05) is 30.3 Å². The third-order valence-electron chi connectivity index (χ3n) is 5.96. The van der Waals surface area contributed by atoms with Gasteiger partial charge in [-0.15, -0.1) is 10.2 Å². The van der Waals surface area contributed by atoms with Gasteiger partial charge in [0, 0.05) is 45.6 Å². The summed E-state index contributed by atoms with van der Waals surface area (Å²) in [5.74, 6) is 2.51. The Bertz CT molecular complexity index is 1050. The van der Waals surface area contributed by atoms with Crippen LogP contribution in [0.4, 0.5) is 0 Å². The van der Waals surface area contributed by atoms with Crippen LogP contribution in [0.25, 0.3) is 0 Å². The molecule has 0 bridgehead atoms. The Kier molecular flexibility index (Phi) is 7.17. The highest BCUT2D eigenvalue weighted by molar-refractivity contribution is 5.77. The number of hydrogen-bond donors (Lipinski definition) is 1. The van der Waals surface area contributed by atoms with E-state index in [4.69, 9.17) is 4.74 Å². The van der Waals surface area contributed by atoms with E-state index in [0.29, 0.717) is 18.7 Å². The second-order valence-electron chi connectivity index (χ2n) is 8.33. The Morgan fingerprint density at radius 1 is 1.03 bits per heavy atom. The highest BCUT2D eigenvalue weighted by Gasteiger charge is 2.19. The van der Waals surface area contributed by atoms with Gasteiger partial charge < -0.3 is 14.6 Å². The van der Waals surface area contributed by atoms with Crippen molar-refractivity contribution in [1.82, 2.24) is 25.0 Å². The molecular weight excluding hydrogens is 402 g/mol. The van der Waals surface area contributed by atoms with Gasteiger partial charge in [0.15, 0.2) is 6.61 Å². The lowest BCUT2D eigenvalue weighted by Gasteiger charge is -2.20. The zero-order valence-electron chi connectivity index (χ0n) is 18.9. The molecule has 0 fully saturated rings. The first kappa shape index (κ1) is 22.0. The van der Waals surface area contributed by atoms with Gasteiger partial charge in [-0.05, 0) is 42.7 Å². The molecule has 7 heteroatoms. The number of amides is 1. The molecule has 0 saturated carbocycles. The molecule has 0 unspecified atom stereocenters. The fourth-order valence-electron chi connectivity index (χ4n) is 3.96. The number of carbonyl (C=O) groups is 1. The number of fused-ring (bicyclic) bond motifs is 1. The van der Waals surface area contributed by atoms with Crippen molar-refractivity contribution >= 4 is 5.91 Å². The average Bonchev–Trinajstić information content (AvgIpc) is 3.07. The third-order valence-corrected chi connectivity index (χ3v) is 5.96. The van der Waals surface area contributed by atoms with Crippen LogP contribution in [-0.4, -0.2) is 51.8 Å². The molecule has 0 saturated heterocycles. The van der Waals surface area contributed by atoms with E-state index >= 15 is 0 Å². The normalized spacial score (nSPS) is 13.9. The number of nitrogens with zero attached hydrogens (tertiary/aromatic N) is 4. The maximum Gasteiger partial charge on any atom is 0.257 e. The predicted molar refractivity (Wildman–Crippen MR) is 124 cm³/mol. The number of nitrogens with one attached hydrogen (secondary N) is 1. The molecule has 2 heterocycles. The van der Waals surface area contributed by atoms with Crippen LogP contribution in [0, 0.1) is 13.8 Å². The van der Waals surface area contributed by atoms with E-state index in [1.165, 1.54) is 16.7 Å². The van der Waals surface area contributed by atoms with Crippen molar-refractivity contribution in [1.29, 1.82) is 0 Å². The minimum atomic E-state index is -0.135. The number of para-hydroxylation sites is 1. The molecule has 1 amide bonds. The SMILES string of the molecule is Cc1ccc(CN2CCc3nnc(CCNC(=O)COc4ccccc4)n3CC2)cc1C. The Balaban J connectivity index is 1.25. The minimum Gasteiger partial charge on any atom is -0.484 e. The molecular formula is C25H31N5O2. The monoisotopic (exact) mass is 433 g/mol. The second-order valence-corrected chi connectivity index (χ2v) is 8.33. The molecule has 1 N–H and O–H groups in total. The Morgan fingerprint density at radius 2 is 1.88 bits per heavy atom. The van der Waals surface area contributed by atoms with Crippen LogP contribution < -0.4 is 10.1 Å². The zero-order chi connectivity index (χ0) is 22.3. The van der Waals surface area contributed by atoms with Crippen LogP contribution in [0.2, 0.25) is 0 Å². The lowest BCUT2D eigenvalue weighted by Crippen LogP contribution is -2.31. The molecule has 1 aliphatic rings. The summed E-state index contributed by atoms with van der Waals surface area (Å²) in [5, 5.41) is 11.7. The van der Waals surface area contributed by atoms with Crippen molar-refractivity contribution in [3.63, 3.8) is 0 Å². The smallest absolute Gasteiger partial charge is 0.257 e. The van der Waals surface area contributed by atoms with Gasteiger partial charge in [0.1, 0.15) is 17.4 Å². The molecule has 7 nitrogen and oxygen atoms in total. The molecule has 1 aromatic heterocycles. The fourth-order valence-corrected chi connectivity index (χ4v) is 3.96. The number of benzene rings is 2. The number of aryl methyl sites for hydroxylation is 2. The first-order chi connectivity index (χ1) is 15.6. The van der Waals surface area contributed by atoms with E-state index in [0.717, 1.165) is 44.2 Å². The average molecular weight is 434 g/mol. The summed E-state index contributed by atoms with van der Waals surface area (Å²) in [5.41, 5.74) is 4.03. The highest BCUT2D eigenvalue weighted by atomic mass is 16.5. The van der Waals surface area contributed by atoms with E-state index in [9.17, 15) is 4.79 Å². The first-order valence-electron chi connectivity index (χ1n) is 11.2. The maximum atomic E-state index is 12.1. The van der Waals surface area contributed by atoms with Gasteiger partial charge >= 0.3 is 0 Å². The standard InChI is InChI=1S/C25H31N5O2/c1-19-8-9-21(16-20(19)2)17-29-13-11-24-28-27-23(30(24)15-14-29)10-12-26-25(31)18-32-22-6-4-3-5-7-22/h3-9,16H,10-15,17-18H2,1-2H3,(H,26,31). The molecule has 1 aliphatic heterocycles. The summed E-state index contributed by atoms with van der Waals surface area (Å²) in [6.07, 6.45) is 1.54. The van der Waals surface area contributed by atoms with Crippen LogP contribution in [-0.2, 0) is 30.7 Å². The zero-order valence-corrected chi connectivity index (χ0v) is 18.9. The summed E-state index contributed by atoms with van der Waals surface area (Å²) in [6.45, 7) is 8.59. The lowest BCUT2D eigenvalue weighted by atomic mass is 10.1. The molecule has 32 heavy (non-hydrogen) atoms. The van der Waals surface area contributed by atoms with E-state index in [2.05, 4.69) is 57.0 Å². The Morgan fingerprint density at radius 3 is 2.69 bits per heavy atom. The van der Waals surface area contributed by atoms with Crippen molar-refractivity contribution in [3.05, 3.63) is 76.9 Å². The largest absolute Gasteiger partial charge is 0.484 e. The third kappa shape index (κ3) is 5.73. The van der Waals surface area contributed by atoms with Crippen molar-refractivity contribution in [3.8, 4) is 5.75 Å². The van der Waals surface area contributed by atoms with Crippen LogP contribution in [0.3, 0.4) is 0 Å². The molecule has 168 valence electrons. The second kappa shape index (κ2) is 10.4. The van der Waals surface area contributed by atoms with Crippen LogP contribution in [0.5, 0.6) is 5.75 Å². The summed E-state index contributed by atoms with van der Waals surface area (Å²) in [7, 11) is 0. The summed E-state index contributed by atoms with van der Waals surface area (Å²) < 4.78 is 7.70. The molecule has 0 spiro atoms. The van der Waals surface area contributed by atoms with Crippen molar-refractivity contribution in [2.45, 2.75) is 39.8 Å². The minimum absolute atomic E-state index is 0.00932. The predicted octanol–water partition coefficient (Wildman–Crippen LogP) is 2.69. The molecule has 3 aromatic rings. The van der Waals surface area contributed by atoms with E-state index in [1.54, 1.807) is 0 Å². The molecule has 4 rings (SSSR count). The topological polar surface area (TPSA) is 72.3 Å². The molecule has 0 aliphatic carbocycles. The number of aromatic nitrogens is 3. The van der Waals surface area contributed by atoms with Crippen molar-refractivity contribution in [2.24, 2.45) is 0 Å². The molecule has 0 radical (unpaired) electrons. The van der Waals surface area contributed by atoms with Gasteiger partial charge in [0.05, 0.1) is 0 Å². The van der Waals surface area contributed by atoms with Crippen LogP contribution >= 0.6 is 0 Å². The van der Waals surface area contributed by atoms with Gasteiger partial charge in [-0.3, -0.25) is 9.69 Å². The van der Waals surface area contributed by atoms with Crippen molar-refractivity contribution < 1.29 is 9.53 Å². The quantitative estimate of drug-likeness (QED) is 0.591. The van der Waals surface area contributed by atoms with Crippen LogP contribution in [0.15, 0.2) is 48.5 Å². The number of rotatable bonds is 8. The Hall–Kier alpha value is -3.19. The van der Waals surface area contributed by atoms with E-state index in [-0.39, 0.29) is 12.5 Å². The molecule has 2 aromatic carbocycles. The first-order valence-corrected chi connectivity index (χ1v) is 11.2. The maximum absolute atomic E-state index is 12.1. The van der Waals surface area contributed by atoms with Gasteiger partial charge in [0.2, 0.25) is 0 Å². The lowest BCUT2D eigenvalue weighted by molar-refractivity contribution is -0.123. The van der Waals surface area contributed by atoms with Crippen molar-refractivity contribution in [2.75, 3.05) is 26.2 Å². The van der Waals surface area contributed by atoms with Crippen LogP contribution in [0.1, 0.15) is 28.3 Å². The van der Waals surface area contributed by atoms with Gasteiger partial charge in [0.25, 0.3) is 5.91 Å². The Labute approximate surface area is 189 Å². The number of carbonyl (C=O) groups excluding carboxylic acids is 1. The summed E-state index contributed by atoms with van der Waals surface area (Å²) in [6, 6.07) is 16.1. The van der Waals surface area contributed by atoms with E-state index < -0.39 is 0 Å². The summed E-state index contributed by atoms with van der Waals surface area (Å²) in [4.78, 5) is 14.5. The fraction of sp³-hybridized carbons (Fsp3) is 0.400. The summed E-state index contributed by atoms with van der Waals surface area (Å²) >= 11 is 0. The number of ether oxygens (including phenoxy) is 1. The van der Waals surface area contributed by atoms with Gasteiger partial charge in [-0.25, -0.2) is 0 Å². The highest BCUT2D eigenvalue weighted by Crippen LogP contribution is 2.15.